The third-order valence-electron chi connectivity index (χ3n) is 2.28. The van der Waals surface area contributed by atoms with Gasteiger partial charge < -0.3 is 10.0 Å². The lowest BCUT2D eigenvalue weighted by Crippen LogP contribution is -2.24. The highest BCUT2D eigenvalue weighted by Crippen LogP contribution is 2.27. The summed E-state index contributed by atoms with van der Waals surface area (Å²) in [5.41, 5.74) is 1.45. The second-order valence-electron chi connectivity index (χ2n) is 3.31. The Balaban J connectivity index is 2.28. The molecule has 0 fully saturated rings. The summed E-state index contributed by atoms with van der Waals surface area (Å²) >= 11 is 1.75. The van der Waals surface area contributed by atoms with Crippen LogP contribution >= 0.6 is 11.3 Å². The first-order valence-corrected chi connectivity index (χ1v) is 5.01. The van der Waals surface area contributed by atoms with Gasteiger partial charge in [-0.05, 0) is 25.1 Å². The highest BCUT2D eigenvalue weighted by molar-refractivity contribution is 7.12. The van der Waals surface area contributed by atoms with Crippen LogP contribution in [0.4, 0.5) is 0 Å². The van der Waals surface area contributed by atoms with Gasteiger partial charge in [0.1, 0.15) is 0 Å². The first-order chi connectivity index (χ1) is 5.79. The number of hydrogen-bond donors (Lipinski definition) is 1. The summed E-state index contributed by atoms with van der Waals surface area (Å²) in [6.07, 6.45) is 1.14. The first kappa shape index (κ1) is 8.23. The smallest absolute Gasteiger partial charge is 0.0774 e. The summed E-state index contributed by atoms with van der Waals surface area (Å²) in [6.45, 7) is 2.40. The van der Waals surface area contributed by atoms with Gasteiger partial charge in [0.25, 0.3) is 0 Å². The van der Waals surface area contributed by atoms with E-state index in [1.165, 1.54) is 10.4 Å². The van der Waals surface area contributed by atoms with Gasteiger partial charge in [0.15, 0.2) is 0 Å². The van der Waals surface area contributed by atoms with E-state index in [1.807, 2.05) is 0 Å². The van der Waals surface area contributed by atoms with Gasteiger partial charge in [-0.3, -0.25) is 0 Å². The minimum absolute atomic E-state index is 0.196. The van der Waals surface area contributed by atoms with Crippen molar-refractivity contribution in [3.63, 3.8) is 0 Å². The molecule has 12 heavy (non-hydrogen) atoms. The van der Waals surface area contributed by atoms with Crippen molar-refractivity contribution in [3.05, 3.63) is 21.4 Å². The number of likely N-dealkylation sites (N-methyl/N-ethyl adjacent to an activating group) is 1. The standard InChI is InChI=1S/C9H13NOS/c1-10-3-2-7-4-8(6-11)12-9(7)5-10/h4,11H,2-3,5-6H2,1H3. The van der Waals surface area contributed by atoms with Crippen molar-refractivity contribution >= 4 is 11.3 Å². The average molecular weight is 183 g/mol. The van der Waals surface area contributed by atoms with Crippen LogP contribution < -0.4 is 0 Å². The van der Waals surface area contributed by atoms with Gasteiger partial charge in [0.05, 0.1) is 6.61 Å². The van der Waals surface area contributed by atoms with Gasteiger partial charge in [0.2, 0.25) is 0 Å². The van der Waals surface area contributed by atoms with Gasteiger partial charge in [-0.15, -0.1) is 11.3 Å². The quantitative estimate of drug-likeness (QED) is 0.708. The van der Waals surface area contributed by atoms with Crippen LogP contribution in [-0.4, -0.2) is 23.6 Å². The zero-order valence-electron chi connectivity index (χ0n) is 7.21. The van der Waals surface area contributed by atoms with Crippen molar-refractivity contribution in [2.75, 3.05) is 13.6 Å². The van der Waals surface area contributed by atoms with Gasteiger partial charge >= 0.3 is 0 Å². The maximum atomic E-state index is 8.95. The molecule has 1 aromatic rings. The summed E-state index contributed by atoms with van der Waals surface area (Å²) in [5.74, 6) is 0. The van der Waals surface area contributed by atoms with Crippen LogP contribution in [-0.2, 0) is 19.6 Å². The highest BCUT2D eigenvalue weighted by atomic mass is 32.1. The van der Waals surface area contributed by atoms with Crippen molar-refractivity contribution < 1.29 is 5.11 Å². The number of aliphatic hydroxyl groups excluding tert-OH is 1. The number of thiophene rings is 1. The molecule has 3 heteroatoms. The van der Waals surface area contributed by atoms with E-state index >= 15 is 0 Å². The second kappa shape index (κ2) is 3.17. The highest BCUT2D eigenvalue weighted by Gasteiger charge is 2.15. The second-order valence-corrected chi connectivity index (χ2v) is 4.53. The zero-order chi connectivity index (χ0) is 8.55. The van der Waals surface area contributed by atoms with E-state index in [-0.39, 0.29) is 6.61 Å². The minimum Gasteiger partial charge on any atom is -0.391 e. The molecule has 66 valence electrons. The SMILES string of the molecule is CN1CCc2cc(CO)sc2C1. The summed E-state index contributed by atoms with van der Waals surface area (Å²) < 4.78 is 0. The lowest BCUT2D eigenvalue weighted by atomic mass is 10.1. The molecule has 0 bridgehead atoms. The molecule has 0 saturated carbocycles. The lowest BCUT2D eigenvalue weighted by Gasteiger charge is -2.21. The zero-order valence-corrected chi connectivity index (χ0v) is 8.02. The minimum atomic E-state index is 0.196. The Bertz CT molecular complexity index is 282. The molecular weight excluding hydrogens is 170 g/mol. The number of hydrogen-bond acceptors (Lipinski definition) is 3. The molecule has 2 rings (SSSR count). The van der Waals surface area contributed by atoms with Gasteiger partial charge in [-0.2, -0.15) is 0 Å². The van der Waals surface area contributed by atoms with Crippen molar-refractivity contribution in [3.8, 4) is 0 Å². The number of aliphatic hydroxyl groups is 1. The third kappa shape index (κ3) is 1.40. The summed E-state index contributed by atoms with van der Waals surface area (Å²) in [6, 6.07) is 2.15. The predicted octanol–water partition coefficient (Wildman–Crippen LogP) is 1.23. The van der Waals surface area contributed by atoms with Crippen LogP contribution in [0.1, 0.15) is 15.3 Å². The third-order valence-corrected chi connectivity index (χ3v) is 3.43. The summed E-state index contributed by atoms with van der Waals surface area (Å²) in [7, 11) is 2.14. The molecular formula is C9H13NOS. The number of fused-ring (bicyclic) bond motifs is 1. The molecule has 0 unspecified atom stereocenters. The molecule has 1 aliphatic rings. The van der Waals surface area contributed by atoms with E-state index in [2.05, 4.69) is 18.0 Å². The molecule has 0 atom stereocenters. The summed E-state index contributed by atoms with van der Waals surface area (Å²) in [5, 5.41) is 8.95. The van der Waals surface area contributed by atoms with Crippen LogP contribution in [0.15, 0.2) is 6.07 Å². The van der Waals surface area contributed by atoms with Crippen LogP contribution in [0, 0.1) is 0 Å². The monoisotopic (exact) mass is 183 g/mol. The molecule has 0 saturated heterocycles. The van der Waals surface area contributed by atoms with E-state index in [0.29, 0.717) is 0 Å². The normalized spacial score (nSPS) is 17.8. The molecule has 1 aliphatic heterocycles. The average Bonchev–Trinajstić information content (AvgIpc) is 2.46. The Kier molecular flexibility index (Phi) is 2.17. The van der Waals surface area contributed by atoms with Crippen LogP contribution in [0.25, 0.3) is 0 Å². The lowest BCUT2D eigenvalue weighted by molar-refractivity contribution is 0.285. The molecule has 0 radical (unpaired) electrons. The Hall–Kier alpha value is -0.380. The fourth-order valence-electron chi connectivity index (χ4n) is 1.59. The maximum absolute atomic E-state index is 8.95. The van der Waals surface area contributed by atoms with E-state index in [0.717, 1.165) is 24.4 Å². The predicted molar refractivity (Wildman–Crippen MR) is 50.3 cm³/mol. The Morgan fingerprint density at radius 2 is 2.50 bits per heavy atom. The topological polar surface area (TPSA) is 23.5 Å². The van der Waals surface area contributed by atoms with Crippen molar-refractivity contribution in [1.29, 1.82) is 0 Å². The molecule has 1 N–H and O–H groups in total. The number of rotatable bonds is 1. The Labute approximate surface area is 76.4 Å². The fourth-order valence-corrected chi connectivity index (χ4v) is 2.75. The summed E-state index contributed by atoms with van der Waals surface area (Å²) in [4.78, 5) is 4.86. The molecule has 0 aromatic carbocycles. The van der Waals surface area contributed by atoms with Gasteiger partial charge in [-0.25, -0.2) is 0 Å². The van der Waals surface area contributed by atoms with Gasteiger partial charge in [-0.1, -0.05) is 0 Å². The number of nitrogens with zero attached hydrogens (tertiary/aromatic N) is 1. The van der Waals surface area contributed by atoms with E-state index < -0.39 is 0 Å². The van der Waals surface area contributed by atoms with E-state index in [1.54, 1.807) is 11.3 Å². The maximum Gasteiger partial charge on any atom is 0.0774 e. The molecule has 0 aliphatic carbocycles. The fraction of sp³-hybridized carbons (Fsp3) is 0.556. The van der Waals surface area contributed by atoms with Crippen molar-refractivity contribution in [1.82, 2.24) is 4.90 Å². The van der Waals surface area contributed by atoms with Crippen LogP contribution in [0.5, 0.6) is 0 Å². The Morgan fingerprint density at radius 1 is 1.67 bits per heavy atom. The van der Waals surface area contributed by atoms with Crippen LogP contribution in [0.2, 0.25) is 0 Å². The molecule has 0 spiro atoms. The van der Waals surface area contributed by atoms with E-state index in [9.17, 15) is 0 Å². The molecule has 2 heterocycles. The first-order valence-electron chi connectivity index (χ1n) is 4.19. The van der Waals surface area contributed by atoms with Crippen molar-refractivity contribution in [2.24, 2.45) is 0 Å². The molecule has 2 nitrogen and oxygen atoms in total. The van der Waals surface area contributed by atoms with Crippen LogP contribution in [0.3, 0.4) is 0 Å². The van der Waals surface area contributed by atoms with E-state index in [4.69, 9.17) is 5.11 Å². The molecule has 0 amide bonds. The van der Waals surface area contributed by atoms with Crippen molar-refractivity contribution in [2.45, 2.75) is 19.6 Å². The van der Waals surface area contributed by atoms with Gasteiger partial charge in [0, 0.05) is 22.8 Å². The Morgan fingerprint density at radius 3 is 3.25 bits per heavy atom. The largest absolute Gasteiger partial charge is 0.391 e. The molecule has 1 aromatic heterocycles.